The number of hydrogen-bond acceptors (Lipinski definition) is 2. The summed E-state index contributed by atoms with van der Waals surface area (Å²) in [5, 5.41) is 12.8. The molecule has 0 radical (unpaired) electrons. The molecule has 2 N–H and O–H groups in total. The molecule has 1 rings (SSSR count). The maximum atomic E-state index is 9.06. The van der Waals surface area contributed by atoms with E-state index in [0.717, 1.165) is 10.2 Å². The summed E-state index contributed by atoms with van der Waals surface area (Å²) in [4.78, 5) is 0. The fraction of sp³-hybridized carbons (Fsp3) is 0.333. The van der Waals surface area contributed by atoms with Crippen molar-refractivity contribution in [1.29, 1.82) is 0 Å². The molecule has 1 atom stereocenters. The molecule has 0 saturated carbocycles. The summed E-state index contributed by atoms with van der Waals surface area (Å²) in [5.74, 6) is 0. The van der Waals surface area contributed by atoms with E-state index in [9.17, 15) is 0 Å². The van der Waals surface area contributed by atoms with Crippen molar-refractivity contribution >= 4 is 33.2 Å². The van der Waals surface area contributed by atoms with Gasteiger partial charge in [0.25, 0.3) is 0 Å². The van der Waals surface area contributed by atoms with Crippen LogP contribution in [0.4, 0.5) is 5.69 Å². The fourth-order valence-electron chi connectivity index (χ4n) is 0.891. The quantitative estimate of drug-likeness (QED) is 0.880. The molecule has 0 aliphatic heterocycles. The van der Waals surface area contributed by atoms with E-state index in [-0.39, 0.29) is 6.10 Å². The van der Waals surface area contributed by atoms with E-state index in [1.165, 1.54) is 0 Å². The van der Waals surface area contributed by atoms with Gasteiger partial charge in [-0.3, -0.25) is 0 Å². The van der Waals surface area contributed by atoms with Crippen LogP contribution in [0.1, 0.15) is 6.92 Å². The van der Waals surface area contributed by atoms with Crippen LogP contribution in [-0.2, 0) is 0 Å². The number of aliphatic hydroxyl groups excluding tert-OH is 1. The molecular weight excluding hydrogens is 253 g/mol. The van der Waals surface area contributed by atoms with Gasteiger partial charge in [-0.05, 0) is 25.1 Å². The molecule has 0 unspecified atom stereocenters. The van der Waals surface area contributed by atoms with Crippen LogP contribution in [0.2, 0.25) is 5.02 Å². The van der Waals surface area contributed by atoms with Gasteiger partial charge in [0, 0.05) is 11.0 Å². The molecule has 0 fully saturated rings. The van der Waals surface area contributed by atoms with Crippen molar-refractivity contribution < 1.29 is 5.11 Å². The highest BCUT2D eigenvalue weighted by molar-refractivity contribution is 9.10. The summed E-state index contributed by atoms with van der Waals surface area (Å²) in [6.45, 7) is 2.22. The smallest absolute Gasteiger partial charge is 0.0684 e. The van der Waals surface area contributed by atoms with Crippen LogP contribution in [-0.4, -0.2) is 17.8 Å². The minimum absolute atomic E-state index is 0.380. The summed E-state index contributed by atoms with van der Waals surface area (Å²) in [7, 11) is 0. The maximum absolute atomic E-state index is 9.06. The maximum Gasteiger partial charge on any atom is 0.0684 e. The number of nitrogens with one attached hydrogen (secondary N) is 1. The summed E-state index contributed by atoms with van der Waals surface area (Å²) in [6.07, 6.45) is -0.380. The third-order valence-corrected chi connectivity index (χ3v) is 2.34. The van der Waals surface area contributed by atoms with Crippen LogP contribution in [0.5, 0.6) is 0 Å². The third kappa shape index (κ3) is 3.55. The molecule has 0 spiro atoms. The van der Waals surface area contributed by atoms with Gasteiger partial charge in [-0.1, -0.05) is 27.5 Å². The van der Waals surface area contributed by atoms with Crippen molar-refractivity contribution in [2.24, 2.45) is 0 Å². The van der Waals surface area contributed by atoms with Crippen LogP contribution >= 0.6 is 27.5 Å². The summed E-state index contributed by atoms with van der Waals surface area (Å²) < 4.78 is 0.963. The fourth-order valence-corrected chi connectivity index (χ4v) is 1.44. The van der Waals surface area contributed by atoms with E-state index in [4.69, 9.17) is 16.7 Å². The van der Waals surface area contributed by atoms with Gasteiger partial charge in [0.2, 0.25) is 0 Å². The lowest BCUT2D eigenvalue weighted by Crippen LogP contribution is -2.15. The molecule has 0 aliphatic carbocycles. The second-order valence-electron chi connectivity index (χ2n) is 2.85. The zero-order valence-corrected chi connectivity index (χ0v) is 9.56. The third-order valence-electron chi connectivity index (χ3n) is 1.52. The van der Waals surface area contributed by atoms with Crippen molar-refractivity contribution in [1.82, 2.24) is 0 Å². The first-order valence-electron chi connectivity index (χ1n) is 3.96. The van der Waals surface area contributed by atoms with E-state index in [2.05, 4.69) is 21.2 Å². The Bertz CT molecular complexity index is 291. The van der Waals surface area contributed by atoms with Gasteiger partial charge in [0.15, 0.2) is 0 Å². The Morgan fingerprint density at radius 3 is 2.92 bits per heavy atom. The van der Waals surface area contributed by atoms with Crippen LogP contribution in [0.25, 0.3) is 0 Å². The summed E-state index contributed by atoms with van der Waals surface area (Å²) >= 11 is 9.26. The Morgan fingerprint density at radius 2 is 2.31 bits per heavy atom. The molecule has 0 bridgehead atoms. The van der Waals surface area contributed by atoms with Gasteiger partial charge in [-0.25, -0.2) is 0 Å². The van der Waals surface area contributed by atoms with Crippen LogP contribution in [0.15, 0.2) is 22.7 Å². The highest BCUT2D eigenvalue weighted by atomic mass is 79.9. The van der Waals surface area contributed by atoms with Gasteiger partial charge in [-0.15, -0.1) is 0 Å². The predicted molar refractivity (Wildman–Crippen MR) is 59.3 cm³/mol. The summed E-state index contributed by atoms with van der Waals surface area (Å²) in [5.41, 5.74) is 0.831. The van der Waals surface area contributed by atoms with Crippen molar-refractivity contribution in [2.45, 2.75) is 13.0 Å². The van der Waals surface area contributed by atoms with Gasteiger partial charge in [0.05, 0.1) is 16.8 Å². The molecule has 0 amide bonds. The van der Waals surface area contributed by atoms with Crippen molar-refractivity contribution in [3.8, 4) is 0 Å². The van der Waals surface area contributed by atoms with Gasteiger partial charge >= 0.3 is 0 Å². The first-order valence-corrected chi connectivity index (χ1v) is 5.13. The van der Waals surface area contributed by atoms with Crippen LogP contribution < -0.4 is 5.32 Å². The highest BCUT2D eigenvalue weighted by Gasteiger charge is 2.01. The van der Waals surface area contributed by atoms with Gasteiger partial charge in [0.1, 0.15) is 0 Å². The highest BCUT2D eigenvalue weighted by Crippen LogP contribution is 2.25. The minimum Gasteiger partial charge on any atom is -0.392 e. The van der Waals surface area contributed by atoms with E-state index < -0.39 is 0 Å². The molecule has 0 aromatic heterocycles. The lowest BCUT2D eigenvalue weighted by molar-refractivity contribution is 0.208. The number of anilines is 1. The number of halogens is 2. The molecule has 0 saturated heterocycles. The Balaban J connectivity index is 2.70. The SMILES string of the molecule is C[C@H](O)CNc1cc(Br)ccc1Cl. The lowest BCUT2D eigenvalue weighted by atomic mass is 10.3. The molecule has 2 nitrogen and oxygen atoms in total. The minimum atomic E-state index is -0.380. The Hall–Kier alpha value is -0.250. The van der Waals surface area contributed by atoms with Gasteiger partial charge in [-0.2, -0.15) is 0 Å². The van der Waals surface area contributed by atoms with Crippen LogP contribution in [0, 0.1) is 0 Å². The number of hydrogen-bond donors (Lipinski definition) is 2. The summed E-state index contributed by atoms with van der Waals surface area (Å²) in [6, 6.07) is 5.55. The monoisotopic (exact) mass is 263 g/mol. The van der Waals surface area contributed by atoms with Crippen molar-refractivity contribution in [3.05, 3.63) is 27.7 Å². The van der Waals surface area contributed by atoms with Crippen molar-refractivity contribution in [2.75, 3.05) is 11.9 Å². The average molecular weight is 265 g/mol. The number of aliphatic hydroxyl groups is 1. The molecule has 4 heteroatoms. The van der Waals surface area contributed by atoms with E-state index in [1.807, 2.05) is 12.1 Å². The molecular formula is C9H11BrClNO. The Kier molecular flexibility index (Phi) is 4.03. The van der Waals surface area contributed by atoms with E-state index >= 15 is 0 Å². The Labute approximate surface area is 91.0 Å². The first kappa shape index (κ1) is 10.8. The first-order chi connectivity index (χ1) is 6.09. The molecule has 0 aliphatic rings. The second kappa shape index (κ2) is 4.84. The molecule has 1 aromatic rings. The second-order valence-corrected chi connectivity index (χ2v) is 4.18. The zero-order chi connectivity index (χ0) is 9.84. The lowest BCUT2D eigenvalue weighted by Gasteiger charge is -2.10. The molecule has 72 valence electrons. The largest absolute Gasteiger partial charge is 0.392 e. The predicted octanol–water partition coefficient (Wildman–Crippen LogP) is 2.90. The molecule has 13 heavy (non-hydrogen) atoms. The Morgan fingerprint density at radius 1 is 1.62 bits per heavy atom. The normalized spacial score (nSPS) is 12.6. The topological polar surface area (TPSA) is 32.3 Å². The standard InChI is InChI=1S/C9H11BrClNO/c1-6(13)5-12-9-4-7(10)2-3-8(9)11/h2-4,6,12-13H,5H2,1H3/t6-/m0/s1. The van der Waals surface area contributed by atoms with Crippen LogP contribution in [0.3, 0.4) is 0 Å². The van der Waals surface area contributed by atoms with E-state index in [1.54, 1.807) is 13.0 Å². The number of rotatable bonds is 3. The zero-order valence-electron chi connectivity index (χ0n) is 7.22. The average Bonchev–Trinajstić information content (AvgIpc) is 2.06. The number of benzene rings is 1. The molecule has 1 aromatic carbocycles. The van der Waals surface area contributed by atoms with E-state index in [0.29, 0.717) is 11.6 Å². The van der Waals surface area contributed by atoms with Gasteiger partial charge < -0.3 is 10.4 Å². The van der Waals surface area contributed by atoms with Crippen molar-refractivity contribution in [3.63, 3.8) is 0 Å². The molecule has 0 heterocycles.